The monoisotopic (exact) mass is 346 g/mol. The summed E-state index contributed by atoms with van der Waals surface area (Å²) in [4.78, 5) is 0. The maximum Gasteiger partial charge on any atom is 0.171 e. The van der Waals surface area contributed by atoms with Crippen LogP contribution < -0.4 is 10.6 Å². The van der Waals surface area contributed by atoms with E-state index in [0.717, 1.165) is 12.1 Å². The van der Waals surface area contributed by atoms with E-state index in [4.69, 9.17) is 23.8 Å². The zero-order valence-corrected chi connectivity index (χ0v) is 15.3. The molecule has 0 heterocycles. The van der Waals surface area contributed by atoms with Gasteiger partial charge in [0.15, 0.2) is 5.11 Å². The molecular formula is C19H23ClN2S. The summed E-state index contributed by atoms with van der Waals surface area (Å²) in [6.45, 7) is 6.65. The molecule has 0 fully saturated rings. The highest BCUT2D eigenvalue weighted by Crippen LogP contribution is 2.28. The zero-order valence-electron chi connectivity index (χ0n) is 13.8. The first-order valence-corrected chi connectivity index (χ1v) is 8.55. The number of anilines is 1. The van der Waals surface area contributed by atoms with E-state index in [0.29, 0.717) is 10.1 Å². The number of nitrogens with one attached hydrogen (secondary N) is 2. The van der Waals surface area contributed by atoms with E-state index >= 15 is 0 Å². The fourth-order valence-electron chi connectivity index (χ4n) is 2.77. The number of hydrogen-bond donors (Lipinski definition) is 2. The summed E-state index contributed by atoms with van der Waals surface area (Å²) in [6.07, 6.45) is 0.974. The molecule has 0 aliphatic carbocycles. The van der Waals surface area contributed by atoms with Crippen LogP contribution in [0, 0.1) is 0 Å². The predicted octanol–water partition coefficient (Wildman–Crippen LogP) is 5.38. The molecule has 1 atom stereocenters. The lowest BCUT2D eigenvalue weighted by Gasteiger charge is -2.29. The van der Waals surface area contributed by atoms with E-state index < -0.39 is 0 Å². The average molecular weight is 347 g/mol. The first kappa shape index (κ1) is 17.8. The molecule has 0 aromatic heterocycles. The molecule has 0 aliphatic heterocycles. The summed E-state index contributed by atoms with van der Waals surface area (Å²) < 4.78 is 0. The van der Waals surface area contributed by atoms with E-state index in [1.807, 2.05) is 30.3 Å². The van der Waals surface area contributed by atoms with Gasteiger partial charge in [-0.3, -0.25) is 0 Å². The van der Waals surface area contributed by atoms with Gasteiger partial charge in [-0.1, -0.05) is 67.9 Å². The number of rotatable bonds is 5. The molecular weight excluding hydrogens is 324 g/mol. The Balaban J connectivity index is 1.93. The van der Waals surface area contributed by atoms with Crippen LogP contribution in [0.15, 0.2) is 54.6 Å². The summed E-state index contributed by atoms with van der Waals surface area (Å²) in [7, 11) is 0. The van der Waals surface area contributed by atoms with E-state index in [9.17, 15) is 0 Å². The predicted molar refractivity (Wildman–Crippen MR) is 104 cm³/mol. The molecule has 2 aromatic carbocycles. The molecule has 122 valence electrons. The van der Waals surface area contributed by atoms with Gasteiger partial charge in [0.2, 0.25) is 0 Å². The van der Waals surface area contributed by atoms with Crippen LogP contribution in [0.2, 0.25) is 5.02 Å². The number of halogens is 1. The topological polar surface area (TPSA) is 24.1 Å². The minimum atomic E-state index is 0.0771. The second-order valence-electron chi connectivity index (χ2n) is 6.43. The van der Waals surface area contributed by atoms with Crippen LogP contribution >= 0.6 is 23.8 Å². The lowest BCUT2D eigenvalue weighted by Crippen LogP contribution is -2.39. The van der Waals surface area contributed by atoms with Gasteiger partial charge in [-0.15, -0.1) is 0 Å². The third kappa shape index (κ3) is 5.22. The van der Waals surface area contributed by atoms with Crippen LogP contribution in [-0.2, 0) is 5.41 Å². The molecule has 2 nitrogen and oxygen atoms in total. The number of benzene rings is 2. The van der Waals surface area contributed by atoms with Crippen molar-refractivity contribution in [3.63, 3.8) is 0 Å². The molecule has 1 unspecified atom stereocenters. The van der Waals surface area contributed by atoms with Gasteiger partial charge in [-0.05, 0) is 48.7 Å². The average Bonchev–Trinajstić information content (AvgIpc) is 2.50. The van der Waals surface area contributed by atoms with Crippen molar-refractivity contribution in [2.45, 2.75) is 38.6 Å². The molecule has 2 aromatic rings. The highest BCUT2D eigenvalue weighted by Gasteiger charge is 2.23. The molecule has 2 N–H and O–H groups in total. The highest BCUT2D eigenvalue weighted by atomic mass is 35.5. The number of thiocarbonyl (C=S) groups is 1. The van der Waals surface area contributed by atoms with Crippen molar-refractivity contribution in [3.05, 3.63) is 65.2 Å². The number of para-hydroxylation sites is 1. The maximum atomic E-state index is 6.14. The van der Waals surface area contributed by atoms with E-state index in [1.54, 1.807) is 0 Å². The summed E-state index contributed by atoms with van der Waals surface area (Å²) >= 11 is 11.5. The van der Waals surface area contributed by atoms with Gasteiger partial charge >= 0.3 is 0 Å². The second-order valence-corrected chi connectivity index (χ2v) is 7.25. The van der Waals surface area contributed by atoms with Gasteiger partial charge in [0, 0.05) is 6.04 Å². The van der Waals surface area contributed by atoms with Crippen molar-refractivity contribution >= 4 is 34.6 Å². The zero-order chi connectivity index (χ0) is 16.9. The second kappa shape index (κ2) is 7.80. The molecule has 0 saturated carbocycles. The summed E-state index contributed by atoms with van der Waals surface area (Å²) in [5.41, 5.74) is 2.23. The normalized spacial score (nSPS) is 12.5. The molecule has 0 radical (unpaired) electrons. The van der Waals surface area contributed by atoms with Gasteiger partial charge in [0.1, 0.15) is 0 Å². The van der Waals surface area contributed by atoms with Crippen molar-refractivity contribution < 1.29 is 0 Å². The van der Waals surface area contributed by atoms with Gasteiger partial charge in [0.25, 0.3) is 0 Å². The Bertz CT molecular complexity index is 655. The lowest BCUT2D eigenvalue weighted by atomic mass is 9.79. The van der Waals surface area contributed by atoms with Crippen LogP contribution in [0.3, 0.4) is 0 Å². The van der Waals surface area contributed by atoms with E-state index in [1.165, 1.54) is 5.56 Å². The minimum Gasteiger partial charge on any atom is -0.360 e. The van der Waals surface area contributed by atoms with Crippen molar-refractivity contribution in [1.82, 2.24) is 5.32 Å². The molecule has 4 heteroatoms. The van der Waals surface area contributed by atoms with Gasteiger partial charge in [-0.2, -0.15) is 0 Å². The quantitative estimate of drug-likeness (QED) is 0.710. The van der Waals surface area contributed by atoms with Gasteiger partial charge in [0.05, 0.1) is 10.7 Å². The molecule has 0 saturated heterocycles. The highest BCUT2D eigenvalue weighted by molar-refractivity contribution is 7.80. The van der Waals surface area contributed by atoms with Crippen LogP contribution in [0.4, 0.5) is 5.69 Å². The first-order chi connectivity index (χ1) is 10.9. The fourth-order valence-corrected chi connectivity index (χ4v) is 3.26. The van der Waals surface area contributed by atoms with Crippen molar-refractivity contribution in [1.29, 1.82) is 0 Å². The van der Waals surface area contributed by atoms with Crippen molar-refractivity contribution in [2.24, 2.45) is 0 Å². The first-order valence-electron chi connectivity index (χ1n) is 7.76. The fraction of sp³-hybridized carbons (Fsp3) is 0.316. The molecule has 0 bridgehead atoms. The molecule has 0 aliphatic rings. The third-order valence-corrected chi connectivity index (χ3v) is 4.42. The molecule has 0 amide bonds. The van der Waals surface area contributed by atoms with Crippen LogP contribution in [-0.4, -0.2) is 11.2 Å². The lowest BCUT2D eigenvalue weighted by molar-refractivity contribution is 0.420. The smallest absolute Gasteiger partial charge is 0.171 e. The Morgan fingerprint density at radius 3 is 2.35 bits per heavy atom. The van der Waals surface area contributed by atoms with Gasteiger partial charge < -0.3 is 10.6 Å². The van der Waals surface area contributed by atoms with E-state index in [2.05, 4.69) is 55.7 Å². The Hall–Kier alpha value is -1.58. The van der Waals surface area contributed by atoms with Crippen molar-refractivity contribution in [2.75, 3.05) is 5.32 Å². The summed E-state index contributed by atoms with van der Waals surface area (Å²) in [5.74, 6) is 0. The Labute approximate surface area is 149 Å². The third-order valence-electron chi connectivity index (χ3n) is 3.87. The SMILES string of the molecule is CC(CC(C)(C)c1ccccc1)NC(=S)Nc1ccccc1Cl. The summed E-state index contributed by atoms with van der Waals surface area (Å²) in [5, 5.41) is 7.75. The van der Waals surface area contributed by atoms with Crippen LogP contribution in [0.25, 0.3) is 0 Å². The maximum absolute atomic E-state index is 6.14. The van der Waals surface area contributed by atoms with Crippen molar-refractivity contribution in [3.8, 4) is 0 Å². The molecule has 23 heavy (non-hydrogen) atoms. The summed E-state index contributed by atoms with van der Waals surface area (Å²) in [6, 6.07) is 18.4. The van der Waals surface area contributed by atoms with Crippen LogP contribution in [0.5, 0.6) is 0 Å². The molecule has 2 rings (SSSR count). The molecule has 0 spiro atoms. The Kier molecular flexibility index (Phi) is 6.03. The Morgan fingerprint density at radius 2 is 1.70 bits per heavy atom. The Morgan fingerprint density at radius 1 is 1.09 bits per heavy atom. The standard InChI is InChI=1S/C19H23ClN2S/c1-14(13-19(2,3)15-9-5-4-6-10-15)21-18(23)22-17-12-8-7-11-16(17)20/h4-12,14H,13H2,1-3H3,(H2,21,22,23). The van der Waals surface area contributed by atoms with Gasteiger partial charge in [-0.25, -0.2) is 0 Å². The minimum absolute atomic E-state index is 0.0771. The number of hydrogen-bond acceptors (Lipinski definition) is 1. The van der Waals surface area contributed by atoms with E-state index in [-0.39, 0.29) is 11.5 Å². The largest absolute Gasteiger partial charge is 0.360 e. The van der Waals surface area contributed by atoms with Crippen LogP contribution in [0.1, 0.15) is 32.8 Å².